The van der Waals surface area contributed by atoms with Crippen LogP contribution in [0.1, 0.15) is 16.5 Å². The summed E-state index contributed by atoms with van der Waals surface area (Å²) in [6, 6.07) is 4.63. The Kier molecular flexibility index (Phi) is 4.05. The molecule has 0 aliphatic carbocycles. The van der Waals surface area contributed by atoms with E-state index in [0.29, 0.717) is 11.3 Å². The number of alkyl halides is 3. The summed E-state index contributed by atoms with van der Waals surface area (Å²) in [4.78, 5) is 11.3. The van der Waals surface area contributed by atoms with Gasteiger partial charge in [0.2, 0.25) is 0 Å². The van der Waals surface area contributed by atoms with Gasteiger partial charge in [0, 0.05) is 5.75 Å². The van der Waals surface area contributed by atoms with Crippen LogP contribution >= 0.6 is 11.8 Å². The van der Waals surface area contributed by atoms with Gasteiger partial charge in [-0.05, 0) is 17.7 Å². The number of ether oxygens (including phenoxy) is 1. The Morgan fingerprint density at radius 3 is 2.84 bits per heavy atom. The molecule has 0 radical (unpaired) electrons. The van der Waals surface area contributed by atoms with Crippen molar-refractivity contribution in [1.29, 1.82) is 0 Å². The molecule has 0 saturated carbocycles. The maximum absolute atomic E-state index is 12.6. The monoisotopic (exact) mass is 291 g/mol. The van der Waals surface area contributed by atoms with E-state index in [2.05, 4.69) is 10.1 Å². The van der Waals surface area contributed by atoms with Gasteiger partial charge in [0.05, 0.1) is 18.0 Å². The second kappa shape index (κ2) is 5.42. The number of esters is 1. The third kappa shape index (κ3) is 3.22. The zero-order valence-corrected chi connectivity index (χ0v) is 10.8. The van der Waals surface area contributed by atoms with Crippen LogP contribution in [0.2, 0.25) is 0 Å². The van der Waals surface area contributed by atoms with Crippen molar-refractivity contribution in [3.05, 3.63) is 35.4 Å². The van der Waals surface area contributed by atoms with Gasteiger partial charge in [0.25, 0.3) is 0 Å². The molecule has 104 valence electrons. The molecule has 1 aliphatic heterocycles. The van der Waals surface area contributed by atoms with Gasteiger partial charge in [-0.2, -0.15) is 13.2 Å². The van der Waals surface area contributed by atoms with E-state index in [1.54, 1.807) is 6.07 Å². The van der Waals surface area contributed by atoms with E-state index in [9.17, 15) is 18.0 Å². The topological polar surface area (TPSA) is 38.3 Å². The quantitative estimate of drug-likeness (QED) is 0.850. The first-order chi connectivity index (χ1) is 8.91. The van der Waals surface area contributed by atoms with Crippen molar-refractivity contribution >= 4 is 17.7 Å². The molecular weight excluding hydrogens is 279 g/mol. The third-order valence-electron chi connectivity index (χ3n) is 2.78. The van der Waals surface area contributed by atoms with Crippen molar-refractivity contribution in [1.82, 2.24) is 5.32 Å². The molecule has 1 N–H and O–H groups in total. The Balaban J connectivity index is 2.14. The number of benzene rings is 1. The Morgan fingerprint density at radius 2 is 2.21 bits per heavy atom. The van der Waals surface area contributed by atoms with Crippen LogP contribution < -0.4 is 5.32 Å². The van der Waals surface area contributed by atoms with Crippen molar-refractivity contribution in [3.63, 3.8) is 0 Å². The SMILES string of the molecule is COC(=O)[C@@H]1CSC(c2cccc(C(F)(F)F)c2)N1. The molecule has 1 unspecified atom stereocenters. The molecule has 0 aromatic heterocycles. The molecule has 0 spiro atoms. The number of hydrogen-bond acceptors (Lipinski definition) is 4. The highest BCUT2D eigenvalue weighted by Gasteiger charge is 2.34. The minimum Gasteiger partial charge on any atom is -0.468 e. The highest BCUT2D eigenvalue weighted by atomic mass is 32.2. The van der Waals surface area contributed by atoms with Crippen LogP contribution in [0.4, 0.5) is 13.2 Å². The van der Waals surface area contributed by atoms with Gasteiger partial charge in [0.15, 0.2) is 0 Å². The molecule has 1 saturated heterocycles. The molecule has 7 heteroatoms. The number of carbonyl (C=O) groups excluding carboxylic acids is 1. The zero-order chi connectivity index (χ0) is 14.0. The Bertz CT molecular complexity index is 478. The predicted molar refractivity (Wildman–Crippen MR) is 65.6 cm³/mol. The smallest absolute Gasteiger partial charge is 0.416 e. The van der Waals surface area contributed by atoms with Crippen LogP contribution in [-0.2, 0) is 15.7 Å². The maximum Gasteiger partial charge on any atom is 0.416 e. The summed E-state index contributed by atoms with van der Waals surface area (Å²) in [6.45, 7) is 0. The van der Waals surface area contributed by atoms with Crippen molar-refractivity contribution in [2.45, 2.75) is 17.6 Å². The van der Waals surface area contributed by atoms with E-state index < -0.39 is 23.8 Å². The van der Waals surface area contributed by atoms with Crippen molar-refractivity contribution in [3.8, 4) is 0 Å². The van der Waals surface area contributed by atoms with Crippen molar-refractivity contribution < 1.29 is 22.7 Å². The molecule has 0 amide bonds. The summed E-state index contributed by atoms with van der Waals surface area (Å²) in [5.74, 6) is 0.0788. The second-order valence-corrected chi connectivity index (χ2v) is 5.22. The number of carbonyl (C=O) groups is 1. The summed E-state index contributed by atoms with van der Waals surface area (Å²) in [5, 5.41) is 2.63. The van der Waals surface area contributed by atoms with Gasteiger partial charge < -0.3 is 4.74 Å². The number of thioether (sulfide) groups is 1. The minimum atomic E-state index is -4.36. The second-order valence-electron chi connectivity index (χ2n) is 4.08. The third-order valence-corrected chi connectivity index (χ3v) is 4.05. The highest BCUT2D eigenvalue weighted by molar-refractivity contribution is 7.99. The van der Waals surface area contributed by atoms with Crippen molar-refractivity contribution in [2.24, 2.45) is 0 Å². The van der Waals surface area contributed by atoms with E-state index in [1.165, 1.54) is 24.9 Å². The van der Waals surface area contributed by atoms with Gasteiger partial charge in [-0.1, -0.05) is 12.1 Å². The van der Waals surface area contributed by atoms with E-state index in [0.717, 1.165) is 12.1 Å². The fourth-order valence-corrected chi connectivity index (χ4v) is 3.04. The normalized spacial score (nSPS) is 23.4. The number of halogens is 3. The first kappa shape index (κ1) is 14.2. The highest BCUT2D eigenvalue weighted by Crippen LogP contribution is 2.36. The van der Waals surface area contributed by atoms with Crippen LogP contribution in [-0.4, -0.2) is 24.9 Å². The lowest BCUT2D eigenvalue weighted by Crippen LogP contribution is -2.34. The summed E-state index contributed by atoms with van der Waals surface area (Å²) in [7, 11) is 1.28. The largest absolute Gasteiger partial charge is 0.468 e. The van der Waals surface area contributed by atoms with Crippen LogP contribution in [0, 0.1) is 0 Å². The molecule has 1 aromatic carbocycles. The standard InChI is InChI=1S/C12H12F3NO2S/c1-18-11(17)9-6-19-10(16-9)7-3-2-4-8(5-7)12(13,14)15/h2-5,9-10,16H,6H2,1H3/t9-,10?/m0/s1. The summed E-state index contributed by atoms with van der Waals surface area (Å²) < 4.78 is 42.4. The fraction of sp³-hybridized carbons (Fsp3) is 0.417. The Morgan fingerprint density at radius 1 is 1.47 bits per heavy atom. The fourth-order valence-electron chi connectivity index (χ4n) is 1.82. The van der Waals surface area contributed by atoms with Crippen LogP contribution in [0.5, 0.6) is 0 Å². The lowest BCUT2D eigenvalue weighted by atomic mass is 10.1. The molecule has 19 heavy (non-hydrogen) atoms. The Labute approximate surface area is 112 Å². The first-order valence-electron chi connectivity index (χ1n) is 5.54. The first-order valence-corrected chi connectivity index (χ1v) is 6.59. The molecule has 1 aromatic rings. The summed E-state index contributed by atoms with van der Waals surface area (Å²) in [5.41, 5.74) is -0.180. The molecule has 1 fully saturated rings. The van der Waals surface area contributed by atoms with Gasteiger partial charge in [-0.3, -0.25) is 10.1 Å². The van der Waals surface area contributed by atoms with E-state index >= 15 is 0 Å². The lowest BCUT2D eigenvalue weighted by molar-refractivity contribution is -0.142. The molecule has 2 atom stereocenters. The number of nitrogens with one attached hydrogen (secondary N) is 1. The zero-order valence-electron chi connectivity index (χ0n) is 10.0. The number of rotatable bonds is 2. The number of methoxy groups -OCH3 is 1. The molecular formula is C12H12F3NO2S. The van der Waals surface area contributed by atoms with E-state index in [-0.39, 0.29) is 5.37 Å². The maximum atomic E-state index is 12.6. The van der Waals surface area contributed by atoms with Crippen LogP contribution in [0.25, 0.3) is 0 Å². The van der Waals surface area contributed by atoms with Gasteiger partial charge in [-0.15, -0.1) is 11.8 Å². The van der Waals surface area contributed by atoms with E-state index in [1.807, 2.05) is 0 Å². The number of hydrogen-bond donors (Lipinski definition) is 1. The summed E-state index contributed by atoms with van der Waals surface area (Å²) >= 11 is 1.39. The Hall–Kier alpha value is -1.21. The van der Waals surface area contributed by atoms with Crippen LogP contribution in [0.3, 0.4) is 0 Å². The molecule has 1 aliphatic rings. The van der Waals surface area contributed by atoms with Gasteiger partial charge >= 0.3 is 12.1 Å². The van der Waals surface area contributed by atoms with E-state index in [4.69, 9.17) is 0 Å². The van der Waals surface area contributed by atoms with Crippen LogP contribution in [0.15, 0.2) is 24.3 Å². The predicted octanol–water partition coefficient (Wildman–Crippen LogP) is 2.58. The minimum absolute atomic E-state index is 0.327. The molecule has 2 rings (SSSR count). The molecule has 3 nitrogen and oxygen atoms in total. The lowest BCUT2D eigenvalue weighted by Gasteiger charge is -2.14. The molecule has 1 heterocycles. The average molecular weight is 291 g/mol. The van der Waals surface area contributed by atoms with Crippen molar-refractivity contribution in [2.75, 3.05) is 12.9 Å². The average Bonchev–Trinajstić information content (AvgIpc) is 2.86. The van der Waals surface area contributed by atoms with Gasteiger partial charge in [-0.25, -0.2) is 0 Å². The van der Waals surface area contributed by atoms with Gasteiger partial charge in [0.1, 0.15) is 6.04 Å². The summed E-state index contributed by atoms with van der Waals surface area (Å²) in [6.07, 6.45) is -4.36. The molecule has 0 bridgehead atoms.